The first-order valence-electron chi connectivity index (χ1n) is 18.9. The van der Waals surface area contributed by atoms with Crippen LogP contribution in [0.25, 0.3) is 90.9 Å². The molecule has 0 atom stereocenters. The van der Waals surface area contributed by atoms with E-state index in [-0.39, 0.29) is 69.8 Å². The van der Waals surface area contributed by atoms with Gasteiger partial charge in [0.15, 0.2) is 0 Å². The minimum atomic E-state index is -1.68. The fourth-order valence-corrected chi connectivity index (χ4v) is 7.86. The van der Waals surface area contributed by atoms with Crippen LogP contribution >= 0.6 is 0 Å². The summed E-state index contributed by atoms with van der Waals surface area (Å²) in [7, 11) is -1.68. The summed E-state index contributed by atoms with van der Waals surface area (Å²) < 4.78 is 94.9. The fraction of sp³-hybridized carbons (Fsp3) is 0.0612. The first-order chi connectivity index (χ1) is 28.8. The zero-order valence-electron chi connectivity index (χ0n) is 32.9. The minimum Gasteiger partial charge on any atom is -0.657 e. The number of benzene rings is 4. The van der Waals surface area contributed by atoms with Gasteiger partial charge in [0.25, 0.3) is 0 Å². The molecule has 4 aromatic carbocycles. The van der Waals surface area contributed by atoms with E-state index in [0.717, 1.165) is 42.0 Å². The Kier molecular flexibility index (Phi) is 10.9. The second-order valence-electron chi connectivity index (χ2n) is 15.2. The van der Waals surface area contributed by atoms with Gasteiger partial charge in [0.05, 0.1) is 39.5 Å². The van der Waals surface area contributed by atoms with E-state index >= 15 is 26.3 Å². The first kappa shape index (κ1) is 41.2. The van der Waals surface area contributed by atoms with Crippen LogP contribution in [0.5, 0.6) is 0 Å². The van der Waals surface area contributed by atoms with E-state index in [4.69, 9.17) is 19.9 Å². The predicted molar refractivity (Wildman–Crippen MR) is 229 cm³/mol. The summed E-state index contributed by atoms with van der Waals surface area (Å²) in [5.41, 5.74) is 4.97. The molecule has 0 saturated heterocycles. The first-order valence-corrected chi connectivity index (χ1v) is 22.4. The molecule has 0 spiro atoms. The van der Waals surface area contributed by atoms with Crippen LogP contribution in [0.2, 0.25) is 19.6 Å². The van der Waals surface area contributed by atoms with Gasteiger partial charge < -0.3 is 9.97 Å². The number of fused-ring (bicyclic) bond motifs is 8. The molecule has 7 aromatic rings. The maximum atomic E-state index is 15.8. The van der Waals surface area contributed by atoms with Crippen molar-refractivity contribution in [3.63, 3.8) is 0 Å². The van der Waals surface area contributed by atoms with Crippen molar-refractivity contribution in [2.45, 2.75) is 19.6 Å². The van der Waals surface area contributed by atoms with Gasteiger partial charge >= 0.3 is 19.5 Å². The largest absolute Gasteiger partial charge is 2.00 e. The molecule has 4 nitrogen and oxygen atoms in total. The molecule has 0 radical (unpaired) electrons. The summed E-state index contributed by atoms with van der Waals surface area (Å²) in [6.07, 6.45) is 6.21. The Labute approximate surface area is 360 Å². The Morgan fingerprint density at radius 2 is 0.721 bits per heavy atom. The second kappa shape index (κ2) is 16.1. The topological polar surface area (TPSA) is 54.0 Å². The maximum absolute atomic E-state index is 15.8. The summed E-state index contributed by atoms with van der Waals surface area (Å²) in [5, 5.41) is 0. The summed E-state index contributed by atoms with van der Waals surface area (Å²) in [5.74, 6) is -2.16. The molecule has 61 heavy (non-hydrogen) atoms. The Bertz CT molecular complexity index is 3110. The molecular formula is C49H30F6N4SiZn. The number of rotatable bonds is 4. The predicted octanol–water partition coefficient (Wildman–Crippen LogP) is 12.6. The summed E-state index contributed by atoms with van der Waals surface area (Å²) >= 11 is 0. The Balaban J connectivity index is 0.00000514. The molecule has 0 aliphatic carbocycles. The quantitative estimate of drug-likeness (QED) is 0.100. The van der Waals surface area contributed by atoms with Gasteiger partial charge in [-0.2, -0.15) is 0 Å². The van der Waals surface area contributed by atoms with Gasteiger partial charge in [-0.3, -0.25) is 0 Å². The molecule has 5 heterocycles. The van der Waals surface area contributed by atoms with Crippen molar-refractivity contribution < 1.29 is 45.8 Å². The normalized spacial score (nSPS) is 12.0. The molecular weight excluding hydrogens is 852 g/mol. The smallest absolute Gasteiger partial charge is 0.657 e. The van der Waals surface area contributed by atoms with Crippen molar-refractivity contribution in [1.82, 2.24) is 19.9 Å². The molecule has 0 fully saturated rings. The molecule has 2 aliphatic rings. The van der Waals surface area contributed by atoms with Crippen LogP contribution in [0, 0.1) is 46.4 Å². The Hall–Kier alpha value is -6.54. The molecule has 3 aromatic heterocycles. The zero-order valence-corrected chi connectivity index (χ0v) is 36.9. The van der Waals surface area contributed by atoms with Crippen LogP contribution < -0.4 is 9.97 Å². The average molecular weight is 882 g/mol. The SMILES string of the molecule is C[Si](C)(C)C#Cc1ccc(-c2c3nc(c(-c4c(F)cccc4F)c4ccc([n-]4)c(-c4c(F)cccc4F)c4nc(c(-c5c(F)cccc5F)c5ccc2[n-]5)C=C4)C=C3)cc1.[Zn+2]. The van der Waals surface area contributed by atoms with Crippen LogP contribution in [0.3, 0.4) is 0 Å². The van der Waals surface area contributed by atoms with Gasteiger partial charge in [-0.1, -0.05) is 80.2 Å². The van der Waals surface area contributed by atoms with E-state index in [1.54, 1.807) is 24.3 Å². The molecule has 12 heteroatoms. The maximum Gasteiger partial charge on any atom is 2.00 e. The van der Waals surface area contributed by atoms with Crippen LogP contribution in [-0.2, 0) is 19.5 Å². The molecule has 0 amide bonds. The third kappa shape index (κ3) is 7.72. The van der Waals surface area contributed by atoms with E-state index in [2.05, 4.69) is 31.1 Å². The Morgan fingerprint density at radius 1 is 0.410 bits per heavy atom. The van der Waals surface area contributed by atoms with E-state index in [0.29, 0.717) is 22.3 Å². The second-order valence-corrected chi connectivity index (χ2v) is 20.0. The third-order valence-corrected chi connectivity index (χ3v) is 10.9. The van der Waals surface area contributed by atoms with Gasteiger partial charge in [-0.15, -0.1) is 27.6 Å². The van der Waals surface area contributed by atoms with Crippen molar-refractivity contribution in [3.05, 3.63) is 166 Å². The van der Waals surface area contributed by atoms with Crippen molar-refractivity contribution >= 4 is 54.4 Å². The molecule has 9 rings (SSSR count). The van der Waals surface area contributed by atoms with Gasteiger partial charge in [0.1, 0.15) is 43.0 Å². The number of halogens is 6. The summed E-state index contributed by atoms with van der Waals surface area (Å²) in [6, 6.07) is 24.0. The van der Waals surface area contributed by atoms with Crippen LogP contribution in [-0.4, -0.2) is 18.0 Å². The fourth-order valence-electron chi connectivity index (χ4n) is 7.34. The summed E-state index contributed by atoms with van der Waals surface area (Å²) in [4.78, 5) is 19.4. The van der Waals surface area contributed by atoms with Crippen LogP contribution in [0.4, 0.5) is 26.3 Å². The number of hydrogen-bond acceptors (Lipinski definition) is 2. The van der Waals surface area contributed by atoms with Crippen molar-refractivity contribution in [1.29, 1.82) is 0 Å². The van der Waals surface area contributed by atoms with Crippen molar-refractivity contribution in [2.24, 2.45) is 0 Å². The average Bonchev–Trinajstić information content (AvgIpc) is 4.05. The molecule has 294 valence electrons. The van der Waals surface area contributed by atoms with E-state index in [1.807, 2.05) is 24.3 Å². The van der Waals surface area contributed by atoms with Crippen molar-refractivity contribution in [2.75, 3.05) is 0 Å². The molecule has 8 bridgehead atoms. The molecule has 0 unspecified atom stereocenters. The molecule has 0 saturated carbocycles. The van der Waals surface area contributed by atoms with E-state index in [9.17, 15) is 0 Å². The Morgan fingerprint density at radius 3 is 1.05 bits per heavy atom. The summed E-state index contributed by atoms with van der Waals surface area (Å²) in [6.45, 7) is 6.44. The van der Waals surface area contributed by atoms with E-state index < -0.39 is 59.7 Å². The van der Waals surface area contributed by atoms with Crippen molar-refractivity contribution in [3.8, 4) is 56.0 Å². The van der Waals surface area contributed by atoms with Gasteiger partial charge in [-0.05, 0) is 101 Å². The van der Waals surface area contributed by atoms with Gasteiger partial charge in [-0.25, -0.2) is 36.3 Å². The van der Waals surface area contributed by atoms with Gasteiger partial charge in [0.2, 0.25) is 0 Å². The van der Waals surface area contributed by atoms with Crippen LogP contribution in [0.1, 0.15) is 28.3 Å². The van der Waals surface area contributed by atoms with E-state index in [1.165, 1.54) is 42.5 Å². The standard InChI is InChI=1S/C49H30F6N4Si.Zn/c1-60(2,3)26-25-27-13-15-28(16-14-27)43-35-17-19-37(56-35)47(44-29(50)7-4-8-30(44)51)39-21-23-41(58-39)49(46-33(54)11-6-12-34(46)55)42-24-22-40(59-42)48(38-20-18-36(43)57-38)45-31(52)9-5-10-32(45)53;/h4-24H,1-3H3;/q-2;+2. The van der Waals surface area contributed by atoms with Gasteiger partial charge in [0, 0.05) is 5.56 Å². The third-order valence-electron chi connectivity index (χ3n) is 10.0. The minimum absolute atomic E-state index is 0. The molecule has 0 N–H and O–H groups in total. The number of hydrogen-bond donors (Lipinski definition) is 0. The number of nitrogens with zero attached hydrogens (tertiary/aromatic N) is 4. The number of aromatic nitrogens is 4. The monoisotopic (exact) mass is 880 g/mol. The molecule has 2 aliphatic heterocycles. The zero-order chi connectivity index (χ0) is 41.9. The van der Waals surface area contributed by atoms with Crippen LogP contribution in [0.15, 0.2) is 103 Å².